The number of carbonyl (C=O) groups is 2. The summed E-state index contributed by atoms with van der Waals surface area (Å²) in [7, 11) is -4.05. The normalized spacial score (nSPS) is 21.5. The maximum absolute atomic E-state index is 13.9. The van der Waals surface area contributed by atoms with Gasteiger partial charge in [0, 0.05) is 37.3 Å². The molecule has 4 rings (SSSR count). The highest BCUT2D eigenvalue weighted by molar-refractivity contribution is 7.93. The molecular weight excluding hydrogens is 550 g/mol. The summed E-state index contributed by atoms with van der Waals surface area (Å²) in [5, 5.41) is 9.47. The molecule has 0 aliphatic carbocycles. The minimum absolute atomic E-state index is 0.0930. The van der Waals surface area contributed by atoms with Gasteiger partial charge in [0.2, 0.25) is 0 Å². The fourth-order valence-corrected chi connectivity index (χ4v) is 8.42. The molecular formula is C33H47N3O5S. The van der Waals surface area contributed by atoms with Gasteiger partial charge in [0.1, 0.15) is 0 Å². The highest BCUT2D eigenvalue weighted by atomic mass is 32.2. The van der Waals surface area contributed by atoms with E-state index in [4.69, 9.17) is 0 Å². The van der Waals surface area contributed by atoms with Crippen molar-refractivity contribution in [2.24, 2.45) is 11.8 Å². The molecule has 0 aromatic heterocycles. The van der Waals surface area contributed by atoms with Crippen LogP contribution in [0.4, 0.5) is 5.69 Å². The fraction of sp³-hybridized carbons (Fsp3) is 0.576. The summed E-state index contributed by atoms with van der Waals surface area (Å²) in [4.78, 5) is 30.2. The Hall–Kier alpha value is -2.75. The van der Waals surface area contributed by atoms with Gasteiger partial charge in [-0.25, -0.2) is 13.9 Å². The van der Waals surface area contributed by atoms with Crippen LogP contribution >= 0.6 is 0 Å². The van der Waals surface area contributed by atoms with E-state index in [0.29, 0.717) is 31.2 Å². The minimum atomic E-state index is -4.05. The first kappa shape index (κ1) is 32.2. The second-order valence-corrected chi connectivity index (χ2v) is 14.5. The predicted octanol–water partition coefficient (Wildman–Crippen LogP) is 5.29. The van der Waals surface area contributed by atoms with E-state index < -0.39 is 20.5 Å². The number of anilines is 1. The summed E-state index contributed by atoms with van der Waals surface area (Å²) in [6, 6.07) is 14.9. The van der Waals surface area contributed by atoms with Crippen LogP contribution in [0.15, 0.2) is 53.4 Å². The Morgan fingerprint density at radius 2 is 1.64 bits per heavy atom. The van der Waals surface area contributed by atoms with Gasteiger partial charge in [-0.05, 0) is 93.3 Å². The van der Waals surface area contributed by atoms with E-state index in [0.717, 1.165) is 63.1 Å². The second kappa shape index (κ2) is 14.1. The molecule has 2 unspecified atom stereocenters. The van der Waals surface area contributed by atoms with Crippen molar-refractivity contribution in [3.05, 3.63) is 59.7 Å². The number of rotatable bonds is 11. The summed E-state index contributed by atoms with van der Waals surface area (Å²) in [6.07, 6.45) is 5.36. The summed E-state index contributed by atoms with van der Waals surface area (Å²) >= 11 is 0. The third-order valence-corrected chi connectivity index (χ3v) is 12.0. The van der Waals surface area contributed by atoms with Crippen molar-refractivity contribution in [3.63, 3.8) is 0 Å². The summed E-state index contributed by atoms with van der Waals surface area (Å²) in [5.41, 5.74) is 4.63. The Bertz CT molecular complexity index is 1300. The lowest BCUT2D eigenvalue weighted by Gasteiger charge is -2.34. The third kappa shape index (κ3) is 7.06. The quantitative estimate of drug-likeness (QED) is 0.206. The molecule has 1 amide bonds. The molecule has 2 aliphatic heterocycles. The average Bonchev–Trinajstić information content (AvgIpc) is 3.25. The zero-order valence-electron chi connectivity index (χ0n) is 25.3. The number of Topliss-reactive ketones (excluding diaryl/α,β-unsaturated/α-hetero) is 1. The SMILES string of the molecule is CCC(C)Cc1ccc(C(=O)CC2CCN(c3ccc(S(=O)(=O)C4(C(=O)NO)CCCN(CC)CC4)cc3)CC2)cc1. The van der Waals surface area contributed by atoms with Gasteiger partial charge in [-0.2, -0.15) is 0 Å². The highest BCUT2D eigenvalue weighted by Gasteiger charge is 2.51. The lowest BCUT2D eigenvalue weighted by atomic mass is 9.89. The molecule has 2 saturated heterocycles. The largest absolute Gasteiger partial charge is 0.372 e. The van der Waals surface area contributed by atoms with Gasteiger partial charge >= 0.3 is 0 Å². The van der Waals surface area contributed by atoms with Gasteiger partial charge in [-0.1, -0.05) is 51.5 Å². The van der Waals surface area contributed by atoms with Gasteiger partial charge in [0.15, 0.2) is 20.4 Å². The van der Waals surface area contributed by atoms with Crippen molar-refractivity contribution >= 4 is 27.2 Å². The molecule has 8 nitrogen and oxygen atoms in total. The summed E-state index contributed by atoms with van der Waals surface area (Å²) in [6.45, 7) is 10.0. The first-order chi connectivity index (χ1) is 20.1. The number of ketones is 1. The van der Waals surface area contributed by atoms with Crippen LogP contribution in [0.25, 0.3) is 0 Å². The Balaban J connectivity index is 1.37. The van der Waals surface area contributed by atoms with E-state index >= 15 is 0 Å². The van der Waals surface area contributed by atoms with E-state index in [1.54, 1.807) is 29.7 Å². The molecule has 2 aliphatic rings. The van der Waals surface area contributed by atoms with Crippen molar-refractivity contribution in [3.8, 4) is 0 Å². The number of nitrogens with one attached hydrogen (secondary N) is 1. The Morgan fingerprint density at radius 1 is 0.976 bits per heavy atom. The van der Waals surface area contributed by atoms with E-state index in [9.17, 15) is 23.2 Å². The topological polar surface area (TPSA) is 107 Å². The average molecular weight is 598 g/mol. The smallest absolute Gasteiger partial charge is 0.265 e. The Morgan fingerprint density at radius 3 is 2.24 bits per heavy atom. The van der Waals surface area contributed by atoms with E-state index in [2.05, 4.69) is 35.8 Å². The van der Waals surface area contributed by atoms with Crippen LogP contribution in [-0.4, -0.2) is 67.7 Å². The van der Waals surface area contributed by atoms with Crippen molar-refractivity contribution < 1.29 is 23.2 Å². The van der Waals surface area contributed by atoms with Gasteiger partial charge in [-0.15, -0.1) is 0 Å². The van der Waals surface area contributed by atoms with Crippen molar-refractivity contribution in [2.45, 2.75) is 81.8 Å². The number of hydroxylamine groups is 1. The predicted molar refractivity (Wildman–Crippen MR) is 166 cm³/mol. The zero-order valence-corrected chi connectivity index (χ0v) is 26.2. The van der Waals surface area contributed by atoms with Crippen molar-refractivity contribution in [1.29, 1.82) is 0 Å². The maximum Gasteiger partial charge on any atom is 0.265 e. The number of nitrogens with zero attached hydrogens (tertiary/aromatic N) is 2. The number of amides is 1. The summed E-state index contributed by atoms with van der Waals surface area (Å²) < 4.78 is 26.0. The standard InChI is InChI=1S/C33H47N3O5S/c1-4-25(3)23-26-7-9-28(10-8-26)31(37)24-27-15-20-36(21-16-27)29-11-13-30(14-12-29)42(40,41)33(32(38)34-39)17-6-19-35(5-2)22-18-33/h7-14,25,27,39H,4-6,15-24H2,1-3H3,(H,34,38). The molecule has 2 atom stereocenters. The molecule has 0 saturated carbocycles. The molecule has 2 N–H and O–H groups in total. The maximum atomic E-state index is 13.9. The number of carbonyl (C=O) groups excluding carboxylic acids is 2. The molecule has 2 heterocycles. The first-order valence-electron chi connectivity index (χ1n) is 15.5. The molecule has 2 aromatic carbocycles. The minimum Gasteiger partial charge on any atom is -0.372 e. The van der Waals surface area contributed by atoms with Gasteiger partial charge in [0.25, 0.3) is 5.91 Å². The number of piperidine rings is 1. The molecule has 2 aromatic rings. The van der Waals surface area contributed by atoms with Gasteiger partial charge in [-0.3, -0.25) is 14.8 Å². The second-order valence-electron chi connectivity index (χ2n) is 12.2. The Labute approximate surface area is 251 Å². The molecule has 0 bridgehead atoms. The molecule has 2 fully saturated rings. The lowest BCUT2D eigenvalue weighted by molar-refractivity contribution is -0.132. The Kier molecular flexibility index (Phi) is 10.8. The van der Waals surface area contributed by atoms with Crippen LogP contribution in [0.5, 0.6) is 0 Å². The molecule has 42 heavy (non-hydrogen) atoms. The summed E-state index contributed by atoms with van der Waals surface area (Å²) in [5.74, 6) is 0.293. The monoisotopic (exact) mass is 597 g/mol. The van der Waals surface area contributed by atoms with Crippen LogP contribution in [-0.2, 0) is 21.1 Å². The number of hydrogen-bond acceptors (Lipinski definition) is 7. The lowest BCUT2D eigenvalue weighted by Crippen LogP contribution is -2.52. The van der Waals surface area contributed by atoms with Crippen LogP contribution < -0.4 is 10.4 Å². The number of sulfone groups is 1. The van der Waals surface area contributed by atoms with E-state index in [1.165, 1.54) is 5.56 Å². The zero-order chi connectivity index (χ0) is 30.3. The molecule has 230 valence electrons. The van der Waals surface area contributed by atoms with Crippen molar-refractivity contribution in [1.82, 2.24) is 10.4 Å². The number of likely N-dealkylation sites (tertiary alicyclic amines) is 1. The van der Waals surface area contributed by atoms with E-state index in [-0.39, 0.29) is 23.5 Å². The molecule has 0 radical (unpaired) electrons. The first-order valence-corrected chi connectivity index (χ1v) is 17.0. The third-order valence-electron chi connectivity index (χ3n) is 9.52. The fourth-order valence-electron chi connectivity index (χ4n) is 6.41. The van der Waals surface area contributed by atoms with Gasteiger partial charge in [0.05, 0.1) is 4.90 Å². The van der Waals surface area contributed by atoms with Crippen LogP contribution in [0.3, 0.4) is 0 Å². The number of benzene rings is 2. The van der Waals surface area contributed by atoms with Crippen LogP contribution in [0, 0.1) is 11.8 Å². The highest BCUT2D eigenvalue weighted by Crippen LogP contribution is 2.37. The van der Waals surface area contributed by atoms with Crippen molar-refractivity contribution in [2.75, 3.05) is 37.6 Å². The number of hydrogen-bond donors (Lipinski definition) is 2. The van der Waals surface area contributed by atoms with E-state index in [1.807, 2.05) is 19.1 Å². The molecule has 9 heteroatoms. The van der Waals surface area contributed by atoms with Crippen LogP contribution in [0.1, 0.15) is 81.6 Å². The molecule has 0 spiro atoms. The van der Waals surface area contributed by atoms with Gasteiger partial charge < -0.3 is 9.80 Å². The van der Waals surface area contributed by atoms with Crippen LogP contribution in [0.2, 0.25) is 0 Å².